The second-order valence-corrected chi connectivity index (χ2v) is 8.24. The van der Waals surface area contributed by atoms with Gasteiger partial charge >= 0.3 is 6.03 Å². The molecule has 2 heterocycles. The van der Waals surface area contributed by atoms with E-state index in [0.717, 1.165) is 17.7 Å². The number of carbonyl (C=O) groups is 4. The fourth-order valence-corrected chi connectivity index (χ4v) is 4.39. The second kappa shape index (κ2) is 8.88. The lowest BCUT2D eigenvalue weighted by Gasteiger charge is -2.19. The molecule has 2 aliphatic rings. The molecule has 5 amide bonds. The fourth-order valence-electron chi connectivity index (χ4n) is 4.39. The smallest absolute Gasteiger partial charge is 0.325 e. The maximum Gasteiger partial charge on any atom is 0.325 e. The van der Waals surface area contributed by atoms with Gasteiger partial charge in [0.1, 0.15) is 5.54 Å². The van der Waals surface area contributed by atoms with Crippen molar-refractivity contribution in [2.75, 3.05) is 18.4 Å². The Bertz CT molecular complexity index is 1240. The van der Waals surface area contributed by atoms with Gasteiger partial charge in [-0.3, -0.25) is 39.1 Å². The summed E-state index contributed by atoms with van der Waals surface area (Å²) < 4.78 is 0. The van der Waals surface area contributed by atoms with Gasteiger partial charge in [0.15, 0.2) is 0 Å². The van der Waals surface area contributed by atoms with Gasteiger partial charge in [-0.1, -0.05) is 18.9 Å². The van der Waals surface area contributed by atoms with Crippen molar-refractivity contribution < 1.29 is 19.2 Å². The number of hydrogen-bond donors (Lipinski definition) is 5. The number of fused-ring (bicyclic) bond motifs is 1. The molecule has 1 aromatic heterocycles. The van der Waals surface area contributed by atoms with Gasteiger partial charge in [0.2, 0.25) is 11.8 Å². The van der Waals surface area contributed by atoms with E-state index >= 15 is 0 Å². The molecule has 12 heteroatoms. The topological polar surface area (TPSA) is 173 Å². The summed E-state index contributed by atoms with van der Waals surface area (Å²) in [6.45, 7) is -0.220. The van der Waals surface area contributed by atoms with Crippen LogP contribution in [-0.4, -0.2) is 57.5 Å². The molecule has 2 aromatic rings. The minimum atomic E-state index is -0.772. The van der Waals surface area contributed by atoms with Crippen molar-refractivity contribution in [2.24, 2.45) is 0 Å². The Morgan fingerprint density at radius 1 is 1.00 bits per heavy atom. The highest BCUT2D eigenvalue weighted by molar-refractivity contribution is 6.07. The molecule has 1 spiro atoms. The minimum Gasteiger partial charge on any atom is -0.347 e. The molecule has 1 saturated heterocycles. The lowest BCUT2D eigenvalue weighted by atomic mass is 9.98. The molecule has 0 radical (unpaired) electrons. The van der Waals surface area contributed by atoms with Crippen molar-refractivity contribution in [1.82, 2.24) is 25.7 Å². The molecule has 12 nitrogen and oxygen atoms in total. The zero-order valence-electron chi connectivity index (χ0n) is 17.8. The van der Waals surface area contributed by atoms with Crippen LogP contribution in [0.2, 0.25) is 0 Å². The number of anilines is 1. The van der Waals surface area contributed by atoms with E-state index in [-0.39, 0.29) is 48.3 Å². The molecule has 1 saturated carbocycles. The molecule has 5 N–H and O–H groups in total. The van der Waals surface area contributed by atoms with Crippen LogP contribution in [0.4, 0.5) is 10.5 Å². The van der Waals surface area contributed by atoms with E-state index < -0.39 is 34.5 Å². The summed E-state index contributed by atoms with van der Waals surface area (Å²) in [4.78, 5) is 74.1. The van der Waals surface area contributed by atoms with Gasteiger partial charge in [-0.25, -0.2) is 4.79 Å². The van der Waals surface area contributed by atoms with Crippen LogP contribution in [-0.2, 0) is 14.4 Å². The predicted molar refractivity (Wildman–Crippen MR) is 118 cm³/mol. The molecule has 2 fully saturated rings. The molecule has 0 atom stereocenters. The van der Waals surface area contributed by atoms with Gasteiger partial charge < -0.3 is 16.0 Å². The Morgan fingerprint density at radius 2 is 1.73 bits per heavy atom. The van der Waals surface area contributed by atoms with Gasteiger partial charge in [-0.15, -0.1) is 0 Å². The number of aromatic nitrogens is 2. The van der Waals surface area contributed by atoms with Crippen molar-refractivity contribution in [1.29, 1.82) is 0 Å². The monoisotopic (exact) mass is 456 g/mol. The summed E-state index contributed by atoms with van der Waals surface area (Å²) in [6, 6.07) is 4.04. The Balaban J connectivity index is 1.26. The summed E-state index contributed by atoms with van der Waals surface area (Å²) in [5.41, 5.74) is -1.69. The number of imide groups is 1. The average molecular weight is 456 g/mol. The highest BCUT2D eigenvalue weighted by atomic mass is 16.2. The number of H-pyrrole nitrogens is 2. The highest BCUT2D eigenvalue weighted by Gasteiger charge is 2.52. The molecular weight excluding hydrogens is 432 g/mol. The summed E-state index contributed by atoms with van der Waals surface area (Å²) in [5, 5.41) is 12.3. The minimum absolute atomic E-state index is 0.0284. The van der Waals surface area contributed by atoms with Gasteiger partial charge in [0, 0.05) is 13.0 Å². The lowest BCUT2D eigenvalue weighted by molar-refractivity contribution is -0.131. The molecule has 1 aliphatic carbocycles. The van der Waals surface area contributed by atoms with Crippen LogP contribution in [0.1, 0.15) is 38.5 Å². The normalized spacial score (nSPS) is 16.9. The second-order valence-electron chi connectivity index (χ2n) is 8.24. The van der Waals surface area contributed by atoms with E-state index in [1.807, 2.05) is 0 Å². The van der Waals surface area contributed by atoms with E-state index in [1.54, 1.807) is 0 Å². The molecule has 33 heavy (non-hydrogen) atoms. The van der Waals surface area contributed by atoms with E-state index in [1.165, 1.54) is 18.2 Å². The summed E-state index contributed by atoms with van der Waals surface area (Å²) >= 11 is 0. The van der Waals surface area contributed by atoms with E-state index in [4.69, 9.17) is 0 Å². The van der Waals surface area contributed by atoms with Crippen LogP contribution in [0.25, 0.3) is 10.8 Å². The van der Waals surface area contributed by atoms with Crippen LogP contribution in [0.15, 0.2) is 27.8 Å². The first kappa shape index (κ1) is 22.2. The number of benzene rings is 1. The van der Waals surface area contributed by atoms with Crippen LogP contribution in [0, 0.1) is 0 Å². The summed E-state index contributed by atoms with van der Waals surface area (Å²) in [7, 11) is 0. The van der Waals surface area contributed by atoms with Crippen LogP contribution in [0.5, 0.6) is 0 Å². The first-order valence-corrected chi connectivity index (χ1v) is 10.7. The number of amides is 5. The fraction of sp³-hybridized carbons (Fsp3) is 0.429. The third kappa shape index (κ3) is 4.36. The largest absolute Gasteiger partial charge is 0.347 e. The molecule has 4 rings (SSSR count). The van der Waals surface area contributed by atoms with Crippen molar-refractivity contribution in [3.63, 3.8) is 0 Å². The van der Waals surface area contributed by atoms with Gasteiger partial charge in [-0.2, -0.15) is 0 Å². The van der Waals surface area contributed by atoms with Crippen molar-refractivity contribution >= 4 is 40.2 Å². The number of carbonyl (C=O) groups excluding carboxylic acids is 4. The third-order valence-corrected chi connectivity index (χ3v) is 6.03. The molecule has 1 aromatic carbocycles. The van der Waals surface area contributed by atoms with Crippen LogP contribution >= 0.6 is 0 Å². The Labute approximate surface area is 187 Å². The quantitative estimate of drug-likeness (QED) is 0.364. The van der Waals surface area contributed by atoms with Gasteiger partial charge in [-0.05, 0) is 31.4 Å². The number of nitrogens with zero attached hydrogens (tertiary/aromatic N) is 1. The summed E-state index contributed by atoms with van der Waals surface area (Å²) in [5.74, 6) is -1.22. The Hall–Kier alpha value is -3.96. The van der Waals surface area contributed by atoms with Crippen molar-refractivity contribution in [3.8, 4) is 0 Å². The first-order chi connectivity index (χ1) is 15.8. The number of aromatic amines is 2. The number of urea groups is 1. The predicted octanol–water partition coefficient (Wildman–Crippen LogP) is -0.0841. The maximum absolute atomic E-state index is 12.6. The molecule has 0 bridgehead atoms. The van der Waals surface area contributed by atoms with Gasteiger partial charge in [0.05, 0.1) is 23.0 Å². The Morgan fingerprint density at radius 3 is 2.48 bits per heavy atom. The zero-order chi connectivity index (χ0) is 23.6. The van der Waals surface area contributed by atoms with Crippen molar-refractivity contribution in [2.45, 2.75) is 44.1 Å². The average Bonchev–Trinajstić information content (AvgIpc) is 3.35. The maximum atomic E-state index is 12.6. The Kier molecular flexibility index (Phi) is 5.99. The van der Waals surface area contributed by atoms with E-state index in [0.29, 0.717) is 12.8 Å². The van der Waals surface area contributed by atoms with Crippen molar-refractivity contribution in [3.05, 3.63) is 38.9 Å². The standard InChI is InChI=1S/C21H24N6O6/c28-14(7-4-10-27-19(32)21(24-20(27)33)8-1-2-9-21)22-11-15(29)23-13-6-3-5-12-16(13)18(31)26-25-17(12)30/h3,5-6H,1-2,4,7-11H2,(H,22,28)(H,23,29)(H,24,33)(H,25,30)(H,26,31). The number of nitrogens with one attached hydrogen (secondary N) is 5. The SMILES string of the molecule is O=C(CCCN1C(=O)NC2(CCCC2)C1=O)NCC(=O)Nc1cccc2c(=O)[nH][nH]c(=O)c12. The van der Waals surface area contributed by atoms with Gasteiger partial charge in [0.25, 0.3) is 17.0 Å². The van der Waals surface area contributed by atoms with E-state index in [2.05, 4.69) is 26.1 Å². The highest BCUT2D eigenvalue weighted by Crippen LogP contribution is 2.35. The first-order valence-electron chi connectivity index (χ1n) is 10.7. The molecule has 1 aliphatic heterocycles. The molecular formula is C21H24N6O6. The number of rotatable bonds is 7. The van der Waals surface area contributed by atoms with Crippen LogP contribution in [0.3, 0.4) is 0 Å². The molecule has 174 valence electrons. The lowest BCUT2D eigenvalue weighted by Crippen LogP contribution is -2.44. The third-order valence-electron chi connectivity index (χ3n) is 6.03. The molecule has 0 unspecified atom stereocenters. The van der Waals surface area contributed by atoms with Crippen LogP contribution < -0.4 is 27.1 Å². The summed E-state index contributed by atoms with van der Waals surface area (Å²) in [6.07, 6.45) is 3.37. The van der Waals surface area contributed by atoms with E-state index in [9.17, 15) is 28.8 Å². The zero-order valence-corrected chi connectivity index (χ0v) is 17.8. The number of hydrogen-bond acceptors (Lipinski definition) is 6.